The Labute approximate surface area is 174 Å². The molecule has 0 spiro atoms. The van der Waals surface area contributed by atoms with E-state index in [-0.39, 0.29) is 0 Å². The molecule has 0 unspecified atom stereocenters. The van der Waals surface area contributed by atoms with E-state index in [1.54, 1.807) is 12.3 Å². The number of rotatable bonds is 3. The molecule has 150 valence electrons. The van der Waals surface area contributed by atoms with Crippen molar-refractivity contribution in [2.24, 2.45) is 0 Å². The van der Waals surface area contributed by atoms with E-state index >= 15 is 0 Å². The van der Waals surface area contributed by atoms with Crippen molar-refractivity contribution < 1.29 is 5.11 Å². The van der Waals surface area contributed by atoms with Crippen LogP contribution in [0.3, 0.4) is 0 Å². The number of aromatic nitrogens is 3. The average Bonchev–Trinajstić information content (AvgIpc) is 3.13. The molecule has 4 aromatic rings. The summed E-state index contributed by atoms with van der Waals surface area (Å²) in [5, 5.41) is 21.2. The Bertz CT molecular complexity index is 1260. The normalized spacial score (nSPS) is 16.7. The molecule has 0 aliphatic carbocycles. The quantitative estimate of drug-likeness (QED) is 0.545. The van der Waals surface area contributed by atoms with Crippen LogP contribution in [0.1, 0.15) is 31.0 Å². The van der Waals surface area contributed by atoms with Crippen LogP contribution in [0.15, 0.2) is 48.8 Å². The van der Waals surface area contributed by atoms with Crippen molar-refractivity contribution in [1.29, 1.82) is 5.26 Å². The van der Waals surface area contributed by atoms with Gasteiger partial charge in [0.1, 0.15) is 17.4 Å². The third kappa shape index (κ3) is 3.54. The molecular formula is C24H23N5O. The Morgan fingerprint density at radius 3 is 2.57 bits per heavy atom. The maximum Gasteiger partial charge on any atom is 0.141 e. The number of nitriles is 1. The molecule has 1 aliphatic rings. The number of aliphatic hydroxyl groups is 1. The highest BCUT2D eigenvalue weighted by molar-refractivity contribution is 6.06. The predicted molar refractivity (Wildman–Crippen MR) is 117 cm³/mol. The van der Waals surface area contributed by atoms with Gasteiger partial charge in [-0.3, -0.25) is 4.90 Å². The Morgan fingerprint density at radius 1 is 1.07 bits per heavy atom. The van der Waals surface area contributed by atoms with E-state index in [1.165, 1.54) is 5.56 Å². The van der Waals surface area contributed by atoms with Crippen LogP contribution in [0.4, 0.5) is 0 Å². The highest BCUT2D eigenvalue weighted by Crippen LogP contribution is 2.29. The Balaban J connectivity index is 1.40. The van der Waals surface area contributed by atoms with Gasteiger partial charge < -0.3 is 10.1 Å². The molecule has 0 amide bonds. The van der Waals surface area contributed by atoms with Gasteiger partial charge in [0.05, 0.1) is 17.3 Å². The van der Waals surface area contributed by atoms with Gasteiger partial charge >= 0.3 is 0 Å². The van der Waals surface area contributed by atoms with Crippen LogP contribution in [-0.2, 0) is 6.54 Å². The van der Waals surface area contributed by atoms with E-state index < -0.39 is 5.60 Å². The van der Waals surface area contributed by atoms with Gasteiger partial charge in [-0.1, -0.05) is 24.3 Å². The molecule has 1 aliphatic heterocycles. The number of hydrogen-bond donors (Lipinski definition) is 2. The van der Waals surface area contributed by atoms with Crippen molar-refractivity contribution >= 4 is 21.9 Å². The first kappa shape index (κ1) is 18.7. The van der Waals surface area contributed by atoms with Crippen LogP contribution in [0.5, 0.6) is 0 Å². The molecule has 0 bridgehead atoms. The number of nitrogens with zero attached hydrogens (tertiary/aromatic N) is 4. The van der Waals surface area contributed by atoms with E-state index in [0.717, 1.165) is 65.5 Å². The van der Waals surface area contributed by atoms with Gasteiger partial charge in [-0.25, -0.2) is 9.97 Å². The maximum absolute atomic E-state index is 10.1. The summed E-state index contributed by atoms with van der Waals surface area (Å²) in [5.41, 5.74) is 4.98. The number of nitrogens with one attached hydrogen (secondary N) is 1. The fourth-order valence-corrected chi connectivity index (χ4v) is 4.15. The van der Waals surface area contributed by atoms with Gasteiger partial charge in [-0.2, -0.15) is 5.26 Å². The minimum atomic E-state index is -0.515. The van der Waals surface area contributed by atoms with E-state index in [2.05, 4.69) is 56.3 Å². The molecule has 1 aromatic carbocycles. The maximum atomic E-state index is 10.1. The van der Waals surface area contributed by atoms with Crippen LogP contribution in [0, 0.1) is 11.3 Å². The number of hydrogen-bond acceptors (Lipinski definition) is 5. The molecule has 6 heteroatoms. The van der Waals surface area contributed by atoms with Crippen molar-refractivity contribution in [2.45, 2.75) is 31.9 Å². The molecule has 6 nitrogen and oxygen atoms in total. The summed E-state index contributed by atoms with van der Waals surface area (Å²) in [6.07, 6.45) is 5.21. The lowest BCUT2D eigenvalue weighted by Crippen LogP contribution is -2.41. The monoisotopic (exact) mass is 397 g/mol. The van der Waals surface area contributed by atoms with Crippen molar-refractivity contribution in [1.82, 2.24) is 19.9 Å². The van der Waals surface area contributed by atoms with Crippen molar-refractivity contribution in [3.8, 4) is 17.2 Å². The lowest BCUT2D eigenvalue weighted by molar-refractivity contribution is -0.00729. The number of piperidine rings is 1. The van der Waals surface area contributed by atoms with Crippen LogP contribution in [0.25, 0.3) is 33.1 Å². The zero-order chi connectivity index (χ0) is 20.7. The molecule has 3 aromatic heterocycles. The first-order chi connectivity index (χ1) is 14.5. The fourth-order valence-electron chi connectivity index (χ4n) is 4.15. The molecule has 5 rings (SSSR count). The topological polar surface area (TPSA) is 88.8 Å². The number of H-pyrrole nitrogens is 1. The summed E-state index contributed by atoms with van der Waals surface area (Å²) < 4.78 is 0. The molecule has 0 saturated carbocycles. The lowest BCUT2D eigenvalue weighted by atomic mass is 9.93. The highest BCUT2D eigenvalue weighted by atomic mass is 16.3. The third-order valence-electron chi connectivity index (χ3n) is 6.08. The molecule has 2 N–H and O–H groups in total. The largest absolute Gasteiger partial charge is 0.390 e. The minimum absolute atomic E-state index is 0.400. The molecule has 0 atom stereocenters. The standard InChI is InChI=1S/C24H23N5O/c1-24(30)6-8-29(9-7-24)15-16-2-4-17(5-3-16)18-10-21-20-11-19(12-25)26-14-22(20)28-23(21)27-13-18/h2-5,10-11,13-14,30H,6-9,15H2,1H3,(H,27,28). The first-order valence-electron chi connectivity index (χ1n) is 10.2. The molecule has 4 heterocycles. The van der Waals surface area contributed by atoms with Crippen LogP contribution >= 0.6 is 0 Å². The Hall–Kier alpha value is -3.27. The highest BCUT2D eigenvalue weighted by Gasteiger charge is 2.27. The summed E-state index contributed by atoms with van der Waals surface area (Å²) in [4.78, 5) is 14.4. The number of fused-ring (bicyclic) bond motifs is 3. The second-order valence-corrected chi connectivity index (χ2v) is 8.44. The van der Waals surface area contributed by atoms with Crippen LogP contribution in [-0.4, -0.2) is 43.6 Å². The van der Waals surface area contributed by atoms with Gasteiger partial charge in [0.25, 0.3) is 0 Å². The first-order valence-corrected chi connectivity index (χ1v) is 10.2. The van der Waals surface area contributed by atoms with E-state index in [4.69, 9.17) is 5.26 Å². The summed E-state index contributed by atoms with van der Waals surface area (Å²) in [7, 11) is 0. The number of likely N-dealkylation sites (tertiary alicyclic amines) is 1. The summed E-state index contributed by atoms with van der Waals surface area (Å²) in [5.74, 6) is 0. The zero-order valence-corrected chi connectivity index (χ0v) is 16.9. The average molecular weight is 397 g/mol. The van der Waals surface area contributed by atoms with Crippen molar-refractivity contribution in [3.63, 3.8) is 0 Å². The van der Waals surface area contributed by atoms with Gasteiger partial charge in [-0.05, 0) is 43.0 Å². The molecule has 1 fully saturated rings. The smallest absolute Gasteiger partial charge is 0.141 e. The summed E-state index contributed by atoms with van der Waals surface area (Å²) in [6.45, 7) is 4.68. The van der Waals surface area contributed by atoms with Crippen LogP contribution < -0.4 is 0 Å². The minimum Gasteiger partial charge on any atom is -0.390 e. The predicted octanol–water partition coefficient (Wildman–Crippen LogP) is 4.00. The van der Waals surface area contributed by atoms with Gasteiger partial charge in [0.15, 0.2) is 0 Å². The van der Waals surface area contributed by atoms with Crippen LogP contribution in [0.2, 0.25) is 0 Å². The Kier molecular flexibility index (Phi) is 4.50. The number of pyridine rings is 2. The van der Waals surface area contributed by atoms with E-state index in [1.807, 2.05) is 13.1 Å². The molecule has 0 radical (unpaired) electrons. The lowest BCUT2D eigenvalue weighted by Gasteiger charge is -2.35. The van der Waals surface area contributed by atoms with Gasteiger partial charge in [0.2, 0.25) is 0 Å². The fraction of sp³-hybridized carbons (Fsp3) is 0.292. The second-order valence-electron chi connectivity index (χ2n) is 8.44. The van der Waals surface area contributed by atoms with E-state index in [9.17, 15) is 5.11 Å². The zero-order valence-electron chi connectivity index (χ0n) is 16.9. The van der Waals surface area contributed by atoms with Crippen molar-refractivity contribution in [2.75, 3.05) is 13.1 Å². The molecule has 30 heavy (non-hydrogen) atoms. The van der Waals surface area contributed by atoms with Gasteiger partial charge in [-0.15, -0.1) is 0 Å². The van der Waals surface area contributed by atoms with E-state index in [0.29, 0.717) is 5.69 Å². The molecule has 1 saturated heterocycles. The summed E-state index contributed by atoms with van der Waals surface area (Å²) >= 11 is 0. The Morgan fingerprint density at radius 2 is 1.83 bits per heavy atom. The van der Waals surface area contributed by atoms with Gasteiger partial charge in [0, 0.05) is 42.2 Å². The third-order valence-corrected chi connectivity index (χ3v) is 6.08. The van der Waals surface area contributed by atoms with Crippen molar-refractivity contribution in [3.05, 3.63) is 60.0 Å². The summed E-state index contributed by atoms with van der Waals surface area (Å²) in [6, 6.07) is 14.6. The number of aromatic amines is 1. The number of benzene rings is 1. The second kappa shape index (κ2) is 7.21. The SMILES string of the molecule is CC1(O)CCN(Cc2ccc(-c3cnc4[nH]c5cnc(C#N)cc5c4c3)cc2)CC1. The molecular weight excluding hydrogens is 374 g/mol.